The summed E-state index contributed by atoms with van der Waals surface area (Å²) in [5.41, 5.74) is 1.33. The minimum atomic E-state index is -1.03. The van der Waals surface area contributed by atoms with E-state index in [9.17, 15) is 9.90 Å². The number of carbonyl (C=O) groups is 1. The molecule has 20 heavy (non-hydrogen) atoms. The molecule has 1 saturated carbocycles. The molecular weight excluding hydrogens is 258 g/mol. The first kappa shape index (κ1) is 13.1. The van der Waals surface area contributed by atoms with E-state index in [0.717, 1.165) is 18.2 Å². The Bertz CT molecular complexity index is 628. The molecule has 2 aromatic rings. The van der Waals surface area contributed by atoms with Crippen LogP contribution < -0.4 is 5.32 Å². The first-order chi connectivity index (χ1) is 9.69. The fourth-order valence-electron chi connectivity index (χ4n) is 2.62. The van der Waals surface area contributed by atoms with Crippen molar-refractivity contribution in [1.82, 2.24) is 5.32 Å². The van der Waals surface area contributed by atoms with Gasteiger partial charge >= 0.3 is 5.97 Å². The predicted molar refractivity (Wildman–Crippen MR) is 73.8 cm³/mol. The third-order valence-electron chi connectivity index (χ3n) is 3.89. The van der Waals surface area contributed by atoms with Gasteiger partial charge in [0.05, 0.1) is 6.10 Å². The Morgan fingerprint density at radius 1 is 1.45 bits per heavy atom. The lowest BCUT2D eigenvalue weighted by Gasteiger charge is -2.34. The molecule has 0 amide bonds. The number of fused-ring (bicyclic) bond motifs is 1. The molecule has 0 bridgehead atoms. The van der Waals surface area contributed by atoms with Crippen molar-refractivity contribution in [3.05, 3.63) is 35.6 Å². The van der Waals surface area contributed by atoms with E-state index in [1.807, 2.05) is 18.2 Å². The van der Waals surface area contributed by atoms with Crippen molar-refractivity contribution in [2.75, 3.05) is 7.11 Å². The molecule has 1 aromatic heterocycles. The van der Waals surface area contributed by atoms with Gasteiger partial charge in [0.2, 0.25) is 5.76 Å². The number of rotatable bonds is 5. The molecule has 0 aliphatic heterocycles. The summed E-state index contributed by atoms with van der Waals surface area (Å²) in [6.07, 6.45) is 2.26. The number of furan rings is 1. The lowest BCUT2D eigenvalue weighted by Crippen LogP contribution is -2.44. The van der Waals surface area contributed by atoms with Gasteiger partial charge in [0.1, 0.15) is 5.58 Å². The molecule has 0 saturated heterocycles. The lowest BCUT2D eigenvalue weighted by molar-refractivity contribution is 0.0169. The van der Waals surface area contributed by atoms with Crippen LogP contribution in [-0.4, -0.2) is 30.3 Å². The normalized spacial score (nSPS) is 21.9. The molecule has 1 heterocycles. The molecule has 0 radical (unpaired) electrons. The van der Waals surface area contributed by atoms with Crippen LogP contribution in [0.2, 0.25) is 0 Å². The van der Waals surface area contributed by atoms with Gasteiger partial charge in [-0.1, -0.05) is 18.2 Å². The smallest absolute Gasteiger partial charge is 0.372 e. The van der Waals surface area contributed by atoms with Crippen molar-refractivity contribution in [3.8, 4) is 0 Å². The van der Waals surface area contributed by atoms with Crippen LogP contribution in [0.4, 0.5) is 0 Å². The van der Waals surface area contributed by atoms with Gasteiger partial charge in [-0.25, -0.2) is 4.79 Å². The molecule has 2 N–H and O–H groups in total. The Labute approximate surface area is 116 Å². The first-order valence-electron chi connectivity index (χ1n) is 6.69. The molecule has 0 spiro atoms. The number of carboxylic acids is 1. The molecule has 0 unspecified atom stereocenters. The standard InChI is InChI=1S/C15H17NO4/c1-19-10-6-9(7-10)16-8-12-11-4-2-3-5-13(11)20-14(12)15(17)18/h2-5,9-10,16H,6-8H2,1H3,(H,17,18). The summed E-state index contributed by atoms with van der Waals surface area (Å²) in [6.45, 7) is 0.500. The van der Waals surface area contributed by atoms with Gasteiger partial charge in [-0.3, -0.25) is 0 Å². The second kappa shape index (κ2) is 5.26. The van der Waals surface area contributed by atoms with E-state index in [4.69, 9.17) is 9.15 Å². The number of aromatic carboxylic acids is 1. The SMILES string of the molecule is COC1CC(NCc2c(C(=O)O)oc3ccccc23)C1. The van der Waals surface area contributed by atoms with Gasteiger partial charge in [-0.15, -0.1) is 0 Å². The average molecular weight is 275 g/mol. The Balaban J connectivity index is 1.79. The molecule has 1 fully saturated rings. The highest BCUT2D eigenvalue weighted by Crippen LogP contribution is 2.28. The predicted octanol–water partition coefficient (Wildman–Crippen LogP) is 2.40. The van der Waals surface area contributed by atoms with Crippen LogP contribution in [0.25, 0.3) is 11.0 Å². The number of nitrogens with one attached hydrogen (secondary N) is 1. The zero-order valence-electron chi connectivity index (χ0n) is 11.3. The molecule has 3 rings (SSSR count). The maximum Gasteiger partial charge on any atom is 0.372 e. The van der Waals surface area contributed by atoms with Crippen LogP contribution in [0.3, 0.4) is 0 Å². The Morgan fingerprint density at radius 3 is 2.90 bits per heavy atom. The van der Waals surface area contributed by atoms with Crippen LogP contribution in [0.15, 0.2) is 28.7 Å². The van der Waals surface area contributed by atoms with Crippen LogP contribution in [0.5, 0.6) is 0 Å². The van der Waals surface area contributed by atoms with Gasteiger partial charge in [-0.2, -0.15) is 0 Å². The number of hydrogen-bond acceptors (Lipinski definition) is 4. The molecule has 1 aliphatic carbocycles. The summed E-state index contributed by atoms with van der Waals surface area (Å²) >= 11 is 0. The number of carboxylic acid groups (broad SMARTS) is 1. The summed E-state index contributed by atoms with van der Waals surface area (Å²) in [6, 6.07) is 7.78. The topological polar surface area (TPSA) is 71.7 Å². The Morgan fingerprint density at radius 2 is 2.20 bits per heavy atom. The van der Waals surface area contributed by atoms with E-state index in [1.54, 1.807) is 13.2 Å². The lowest BCUT2D eigenvalue weighted by atomic mass is 9.89. The van der Waals surface area contributed by atoms with E-state index in [-0.39, 0.29) is 5.76 Å². The third kappa shape index (κ3) is 2.30. The maximum absolute atomic E-state index is 11.3. The van der Waals surface area contributed by atoms with Crippen LogP contribution in [0.1, 0.15) is 29.0 Å². The second-order valence-electron chi connectivity index (χ2n) is 5.12. The van der Waals surface area contributed by atoms with Crippen molar-refractivity contribution >= 4 is 16.9 Å². The van der Waals surface area contributed by atoms with Crippen molar-refractivity contribution < 1.29 is 19.1 Å². The first-order valence-corrected chi connectivity index (χ1v) is 6.69. The van der Waals surface area contributed by atoms with Gasteiger partial charge in [-0.05, 0) is 18.9 Å². The summed E-state index contributed by atoms with van der Waals surface area (Å²) in [5.74, 6) is -0.998. The van der Waals surface area contributed by atoms with Gasteiger partial charge in [0.15, 0.2) is 0 Å². The van der Waals surface area contributed by atoms with Gasteiger partial charge in [0.25, 0.3) is 0 Å². The highest BCUT2D eigenvalue weighted by molar-refractivity contribution is 5.95. The van der Waals surface area contributed by atoms with E-state index >= 15 is 0 Å². The van der Waals surface area contributed by atoms with Gasteiger partial charge < -0.3 is 19.6 Å². The number of methoxy groups -OCH3 is 1. The molecule has 106 valence electrons. The molecule has 1 aromatic carbocycles. The van der Waals surface area contributed by atoms with E-state index < -0.39 is 5.97 Å². The minimum Gasteiger partial charge on any atom is -0.475 e. The third-order valence-corrected chi connectivity index (χ3v) is 3.89. The summed E-state index contributed by atoms with van der Waals surface area (Å²) < 4.78 is 10.7. The number of para-hydroxylation sites is 1. The fraction of sp³-hybridized carbons (Fsp3) is 0.400. The van der Waals surface area contributed by atoms with Crippen LogP contribution in [-0.2, 0) is 11.3 Å². The Kier molecular flexibility index (Phi) is 3.46. The van der Waals surface area contributed by atoms with Crippen molar-refractivity contribution in [3.63, 3.8) is 0 Å². The fourth-order valence-corrected chi connectivity index (χ4v) is 2.62. The van der Waals surface area contributed by atoms with Crippen LogP contribution in [0, 0.1) is 0 Å². The number of hydrogen-bond donors (Lipinski definition) is 2. The minimum absolute atomic E-state index is 0.0290. The van der Waals surface area contributed by atoms with Crippen molar-refractivity contribution in [2.45, 2.75) is 31.5 Å². The quantitative estimate of drug-likeness (QED) is 0.876. The molecule has 1 aliphatic rings. The van der Waals surface area contributed by atoms with E-state index in [2.05, 4.69) is 5.32 Å². The zero-order valence-corrected chi connectivity index (χ0v) is 11.3. The average Bonchev–Trinajstić information content (AvgIpc) is 2.76. The molecule has 0 atom stereocenters. The monoisotopic (exact) mass is 275 g/mol. The Hall–Kier alpha value is -1.85. The number of benzene rings is 1. The summed E-state index contributed by atoms with van der Waals surface area (Å²) in [4.78, 5) is 11.3. The van der Waals surface area contributed by atoms with Crippen molar-refractivity contribution in [2.24, 2.45) is 0 Å². The second-order valence-corrected chi connectivity index (χ2v) is 5.12. The maximum atomic E-state index is 11.3. The largest absolute Gasteiger partial charge is 0.475 e. The van der Waals surface area contributed by atoms with Crippen LogP contribution >= 0.6 is 0 Å². The summed E-state index contributed by atoms with van der Waals surface area (Å²) in [7, 11) is 1.72. The highest BCUT2D eigenvalue weighted by Gasteiger charge is 2.29. The zero-order chi connectivity index (χ0) is 14.1. The summed E-state index contributed by atoms with van der Waals surface area (Å²) in [5, 5.41) is 13.5. The van der Waals surface area contributed by atoms with Gasteiger partial charge in [0, 0.05) is 30.6 Å². The number of ether oxygens (including phenoxy) is 1. The van der Waals surface area contributed by atoms with Crippen molar-refractivity contribution in [1.29, 1.82) is 0 Å². The van der Waals surface area contributed by atoms with E-state index in [0.29, 0.717) is 29.8 Å². The van der Waals surface area contributed by atoms with E-state index in [1.165, 1.54) is 0 Å². The molecular formula is C15H17NO4. The highest BCUT2D eigenvalue weighted by atomic mass is 16.5. The molecule has 5 nitrogen and oxygen atoms in total. The molecule has 5 heteroatoms.